The van der Waals surface area contributed by atoms with E-state index in [0.717, 1.165) is 5.69 Å². The number of hydrogen-bond donors (Lipinski definition) is 3. The van der Waals surface area contributed by atoms with Gasteiger partial charge in [0, 0.05) is 22.8 Å². The molecule has 2 amide bonds. The molecule has 0 aliphatic heterocycles. The zero-order valence-corrected chi connectivity index (χ0v) is 14.5. The maximum atomic E-state index is 12.0. The smallest absolute Gasteiger partial charge is 0.243 e. The van der Waals surface area contributed by atoms with Crippen molar-refractivity contribution >= 4 is 52.1 Å². The highest BCUT2D eigenvalue weighted by molar-refractivity contribution is 6.36. The molecule has 0 unspecified atom stereocenters. The third-order valence-electron chi connectivity index (χ3n) is 3.13. The molecule has 0 bridgehead atoms. The van der Waals surface area contributed by atoms with Crippen molar-refractivity contribution in [2.75, 3.05) is 22.5 Å². The first kappa shape index (κ1) is 18.1. The van der Waals surface area contributed by atoms with Crippen molar-refractivity contribution in [2.24, 2.45) is 0 Å². The number of anilines is 3. The number of amides is 2. The Morgan fingerprint density at radius 1 is 0.958 bits per heavy atom. The summed E-state index contributed by atoms with van der Waals surface area (Å²) in [4.78, 5) is 23.4. The minimum atomic E-state index is -0.248. The molecule has 0 fully saturated rings. The summed E-state index contributed by atoms with van der Waals surface area (Å²) in [5, 5.41) is 9.34. The maximum Gasteiger partial charge on any atom is 0.243 e. The molecule has 0 saturated carbocycles. The summed E-state index contributed by atoms with van der Waals surface area (Å²) in [5.41, 5.74) is 1.89. The summed E-state index contributed by atoms with van der Waals surface area (Å²) in [6, 6.07) is 12.0. The van der Waals surface area contributed by atoms with Gasteiger partial charge < -0.3 is 16.0 Å². The number of carbonyl (C=O) groups is 2. The van der Waals surface area contributed by atoms with E-state index >= 15 is 0 Å². The van der Waals surface area contributed by atoms with E-state index in [4.69, 9.17) is 23.2 Å². The molecule has 0 aromatic heterocycles. The number of nitrogens with one attached hydrogen (secondary N) is 3. The lowest BCUT2D eigenvalue weighted by Crippen LogP contribution is -2.22. The third-order valence-corrected chi connectivity index (χ3v) is 3.67. The summed E-state index contributed by atoms with van der Waals surface area (Å²) in [7, 11) is 0. The highest BCUT2D eigenvalue weighted by Gasteiger charge is 2.07. The van der Waals surface area contributed by atoms with Gasteiger partial charge in [0.2, 0.25) is 11.8 Å². The molecule has 5 nitrogen and oxygen atoms in total. The highest BCUT2D eigenvalue weighted by Crippen LogP contribution is 2.25. The van der Waals surface area contributed by atoms with E-state index in [9.17, 15) is 9.59 Å². The Balaban J connectivity index is 1.91. The number of carbonyl (C=O) groups excluding carboxylic acids is 2. The molecular formula is C17H17Cl2N3O2. The molecule has 0 radical (unpaired) electrons. The van der Waals surface area contributed by atoms with Crippen LogP contribution in [0.15, 0.2) is 42.5 Å². The van der Waals surface area contributed by atoms with Gasteiger partial charge in [0.15, 0.2) is 0 Å². The normalized spacial score (nSPS) is 10.1. The van der Waals surface area contributed by atoms with Gasteiger partial charge in [0.05, 0.1) is 17.3 Å². The molecule has 0 saturated heterocycles. The molecule has 2 aromatic rings. The van der Waals surface area contributed by atoms with Crippen LogP contribution in [-0.4, -0.2) is 18.4 Å². The third kappa shape index (κ3) is 5.44. The summed E-state index contributed by atoms with van der Waals surface area (Å²) in [6.45, 7) is 1.84. The molecule has 3 N–H and O–H groups in total. The second kappa shape index (κ2) is 8.57. The number of hydrogen-bond acceptors (Lipinski definition) is 3. The average molecular weight is 366 g/mol. The van der Waals surface area contributed by atoms with Gasteiger partial charge in [-0.1, -0.05) is 36.2 Å². The van der Waals surface area contributed by atoms with Crippen LogP contribution in [0.1, 0.15) is 13.3 Å². The fraction of sp³-hybridized carbons (Fsp3) is 0.176. The molecular weight excluding hydrogens is 349 g/mol. The zero-order chi connectivity index (χ0) is 17.5. The first-order valence-electron chi connectivity index (χ1n) is 7.36. The SMILES string of the molecule is CCC(=O)Nc1cccc(NCC(=O)Nc2ccc(Cl)cc2Cl)c1. The van der Waals surface area contributed by atoms with Crippen LogP contribution >= 0.6 is 23.2 Å². The minimum Gasteiger partial charge on any atom is -0.376 e. The lowest BCUT2D eigenvalue weighted by molar-refractivity contribution is -0.116. The van der Waals surface area contributed by atoms with Gasteiger partial charge in [-0.3, -0.25) is 9.59 Å². The second-order valence-corrected chi connectivity index (χ2v) is 5.85. The summed E-state index contributed by atoms with van der Waals surface area (Å²) < 4.78 is 0. The Kier molecular flexibility index (Phi) is 6.46. The molecule has 7 heteroatoms. The first-order valence-corrected chi connectivity index (χ1v) is 8.12. The van der Waals surface area contributed by atoms with E-state index in [0.29, 0.717) is 27.8 Å². The van der Waals surface area contributed by atoms with Gasteiger partial charge in [-0.05, 0) is 36.4 Å². The van der Waals surface area contributed by atoms with E-state index in [1.807, 2.05) is 6.07 Å². The predicted molar refractivity (Wildman–Crippen MR) is 98.9 cm³/mol. The monoisotopic (exact) mass is 365 g/mol. The van der Waals surface area contributed by atoms with Crippen LogP contribution in [0.4, 0.5) is 17.1 Å². The average Bonchev–Trinajstić information content (AvgIpc) is 2.56. The second-order valence-electron chi connectivity index (χ2n) is 5.01. The van der Waals surface area contributed by atoms with Crippen molar-refractivity contribution in [1.29, 1.82) is 0 Å². The standard InChI is InChI=1S/C17H17Cl2N3O2/c1-2-16(23)21-13-5-3-4-12(9-13)20-10-17(24)22-15-7-6-11(18)8-14(15)19/h3-9,20H,2,10H2,1H3,(H,21,23)(H,22,24). The van der Waals surface area contributed by atoms with Crippen LogP contribution < -0.4 is 16.0 Å². The van der Waals surface area contributed by atoms with Crippen molar-refractivity contribution in [2.45, 2.75) is 13.3 Å². The Labute approximate surface area is 150 Å². The lowest BCUT2D eigenvalue weighted by atomic mass is 10.2. The van der Waals surface area contributed by atoms with Crippen molar-refractivity contribution in [3.63, 3.8) is 0 Å². The van der Waals surface area contributed by atoms with Gasteiger partial charge in [-0.2, -0.15) is 0 Å². The van der Waals surface area contributed by atoms with Gasteiger partial charge >= 0.3 is 0 Å². The van der Waals surface area contributed by atoms with Crippen LogP contribution in [0.3, 0.4) is 0 Å². The molecule has 0 heterocycles. The predicted octanol–water partition coefficient (Wildman–Crippen LogP) is 4.39. The molecule has 0 aliphatic carbocycles. The maximum absolute atomic E-state index is 12.0. The number of halogens is 2. The van der Waals surface area contributed by atoms with Crippen LogP contribution in [0.2, 0.25) is 10.0 Å². The fourth-order valence-electron chi connectivity index (χ4n) is 1.92. The fourth-order valence-corrected chi connectivity index (χ4v) is 2.38. The van der Waals surface area contributed by atoms with Gasteiger partial charge in [-0.15, -0.1) is 0 Å². The van der Waals surface area contributed by atoms with Gasteiger partial charge in [0.1, 0.15) is 0 Å². The number of benzene rings is 2. The largest absolute Gasteiger partial charge is 0.376 e. The first-order chi connectivity index (χ1) is 11.5. The highest BCUT2D eigenvalue weighted by atomic mass is 35.5. The molecule has 126 valence electrons. The lowest BCUT2D eigenvalue weighted by Gasteiger charge is -2.10. The summed E-state index contributed by atoms with van der Waals surface area (Å²) in [5.74, 6) is -0.315. The minimum absolute atomic E-state index is 0.0597. The van der Waals surface area contributed by atoms with Crippen LogP contribution in [0.25, 0.3) is 0 Å². The molecule has 0 spiro atoms. The van der Waals surface area contributed by atoms with Crippen molar-refractivity contribution < 1.29 is 9.59 Å². The molecule has 0 atom stereocenters. The van der Waals surface area contributed by atoms with E-state index in [1.54, 1.807) is 43.3 Å². The molecule has 2 rings (SSSR count). The van der Waals surface area contributed by atoms with Gasteiger partial charge in [0.25, 0.3) is 0 Å². The topological polar surface area (TPSA) is 70.2 Å². The summed E-state index contributed by atoms with van der Waals surface area (Å²) in [6.07, 6.45) is 0.405. The Hall–Kier alpha value is -2.24. The quantitative estimate of drug-likeness (QED) is 0.710. The molecule has 0 aliphatic rings. The molecule has 2 aromatic carbocycles. The Bertz CT molecular complexity index is 750. The van der Waals surface area contributed by atoms with Crippen molar-refractivity contribution in [1.82, 2.24) is 0 Å². The van der Waals surface area contributed by atoms with Crippen LogP contribution in [-0.2, 0) is 9.59 Å². The zero-order valence-electron chi connectivity index (χ0n) is 13.0. The van der Waals surface area contributed by atoms with E-state index < -0.39 is 0 Å². The van der Waals surface area contributed by atoms with E-state index in [-0.39, 0.29) is 18.4 Å². The Morgan fingerprint density at radius 3 is 2.42 bits per heavy atom. The van der Waals surface area contributed by atoms with Crippen LogP contribution in [0, 0.1) is 0 Å². The van der Waals surface area contributed by atoms with Gasteiger partial charge in [-0.25, -0.2) is 0 Å². The van der Waals surface area contributed by atoms with Crippen molar-refractivity contribution in [3.8, 4) is 0 Å². The Morgan fingerprint density at radius 2 is 1.71 bits per heavy atom. The van der Waals surface area contributed by atoms with E-state index in [2.05, 4.69) is 16.0 Å². The van der Waals surface area contributed by atoms with Crippen LogP contribution in [0.5, 0.6) is 0 Å². The van der Waals surface area contributed by atoms with E-state index in [1.165, 1.54) is 0 Å². The molecule has 24 heavy (non-hydrogen) atoms. The van der Waals surface area contributed by atoms with Crippen molar-refractivity contribution in [3.05, 3.63) is 52.5 Å². The summed E-state index contributed by atoms with van der Waals surface area (Å²) >= 11 is 11.8. The number of rotatable bonds is 6.